The van der Waals surface area contributed by atoms with Gasteiger partial charge in [-0.2, -0.15) is 0 Å². The molecule has 3 aliphatic carbocycles. The maximum atomic E-state index is 12.2. The minimum atomic E-state index is -0.691. The maximum absolute atomic E-state index is 12.2. The third kappa shape index (κ3) is 5.52. The van der Waals surface area contributed by atoms with Crippen molar-refractivity contribution in [2.75, 3.05) is 0 Å². The van der Waals surface area contributed by atoms with Gasteiger partial charge < -0.3 is 18.9 Å². The first kappa shape index (κ1) is 27.9. The monoisotopic (exact) mass is 504 g/mol. The van der Waals surface area contributed by atoms with Gasteiger partial charge in [-0.1, -0.05) is 26.0 Å². The third-order valence-electron chi connectivity index (χ3n) is 8.40. The van der Waals surface area contributed by atoms with E-state index in [-0.39, 0.29) is 17.8 Å². The topological polar surface area (TPSA) is 105 Å². The second kappa shape index (κ2) is 10.8. The van der Waals surface area contributed by atoms with Crippen molar-refractivity contribution in [3.63, 3.8) is 0 Å². The minimum Gasteiger partial charge on any atom is -0.462 e. The van der Waals surface area contributed by atoms with E-state index in [1.807, 2.05) is 6.92 Å². The Hall–Kier alpha value is -2.64. The van der Waals surface area contributed by atoms with Crippen LogP contribution in [0, 0.1) is 23.2 Å². The fourth-order valence-corrected chi connectivity index (χ4v) is 6.85. The molecule has 2 bridgehead atoms. The number of esters is 4. The van der Waals surface area contributed by atoms with Crippen molar-refractivity contribution in [3.8, 4) is 0 Å². The smallest absolute Gasteiger partial charge is 0.303 e. The molecule has 0 N–H and O–H groups in total. The molecule has 0 amide bonds. The van der Waals surface area contributed by atoms with Crippen molar-refractivity contribution < 1.29 is 38.1 Å². The minimum absolute atomic E-state index is 0.0326. The fourth-order valence-electron chi connectivity index (χ4n) is 6.85. The lowest BCUT2D eigenvalue weighted by Crippen LogP contribution is -2.53. The quantitative estimate of drug-likeness (QED) is 0.314. The molecule has 0 aromatic rings. The van der Waals surface area contributed by atoms with E-state index < -0.39 is 53.7 Å². The second-order valence-electron chi connectivity index (χ2n) is 11.0. The Morgan fingerprint density at radius 1 is 0.889 bits per heavy atom. The number of rotatable bonds is 4. The van der Waals surface area contributed by atoms with Gasteiger partial charge in [0.2, 0.25) is 0 Å². The normalized spacial score (nSPS) is 36.4. The number of ether oxygens (including phenoxy) is 4. The van der Waals surface area contributed by atoms with E-state index in [4.69, 9.17) is 18.9 Å². The van der Waals surface area contributed by atoms with Crippen LogP contribution >= 0.6 is 0 Å². The van der Waals surface area contributed by atoms with E-state index in [0.717, 1.165) is 29.6 Å². The highest BCUT2D eigenvalue weighted by atomic mass is 16.6. The second-order valence-corrected chi connectivity index (χ2v) is 11.0. The van der Waals surface area contributed by atoms with Crippen LogP contribution in [0.4, 0.5) is 0 Å². The Kier molecular flexibility index (Phi) is 8.36. The lowest BCUT2D eigenvalue weighted by Gasteiger charge is -2.49. The van der Waals surface area contributed by atoms with Gasteiger partial charge in [-0.3, -0.25) is 19.2 Å². The zero-order valence-electron chi connectivity index (χ0n) is 22.6. The summed E-state index contributed by atoms with van der Waals surface area (Å²) < 4.78 is 23.2. The predicted octanol–water partition coefficient (Wildman–Crippen LogP) is 4.45. The average molecular weight is 505 g/mol. The molecule has 8 heteroatoms. The summed E-state index contributed by atoms with van der Waals surface area (Å²) in [5.74, 6) is -1.83. The summed E-state index contributed by atoms with van der Waals surface area (Å²) in [5, 5.41) is 0. The zero-order chi connectivity index (χ0) is 26.9. The lowest BCUT2D eigenvalue weighted by molar-refractivity contribution is -0.177. The summed E-state index contributed by atoms with van der Waals surface area (Å²) in [6.45, 7) is 16.0. The molecule has 0 aromatic carbocycles. The van der Waals surface area contributed by atoms with Gasteiger partial charge in [0.15, 0.2) is 6.10 Å². The summed E-state index contributed by atoms with van der Waals surface area (Å²) in [4.78, 5) is 48.4. The van der Waals surface area contributed by atoms with Crippen LogP contribution < -0.4 is 0 Å². The SMILES string of the molecule is C=C1[C@H](OC(C)=O)C[C@@H](OC(C)=O)[C@H](C)CCC2=C(C)[C@@H]3[C@H]1CC[C@]3(C)[C@@H](OC(C)=O)[C@@H]2OC(C)=O. The molecule has 0 heterocycles. The molecule has 3 rings (SSSR count). The number of carbonyl (C=O) groups is 4. The molecule has 0 aliphatic heterocycles. The fraction of sp³-hybridized carbons (Fsp3) is 0.714. The van der Waals surface area contributed by atoms with Crippen LogP contribution in [0.2, 0.25) is 0 Å². The summed E-state index contributed by atoms with van der Waals surface area (Å²) in [5.41, 5.74) is 2.33. The molecule has 1 fully saturated rings. The molecule has 3 aliphatic rings. The van der Waals surface area contributed by atoms with E-state index in [0.29, 0.717) is 19.3 Å². The Bertz CT molecular complexity index is 965. The Balaban J connectivity index is 2.18. The van der Waals surface area contributed by atoms with Crippen LogP contribution in [-0.2, 0) is 38.1 Å². The van der Waals surface area contributed by atoms with Crippen molar-refractivity contribution in [1.82, 2.24) is 0 Å². The average Bonchev–Trinajstić information content (AvgIpc) is 3.11. The zero-order valence-corrected chi connectivity index (χ0v) is 22.6. The molecule has 1 saturated carbocycles. The molecular formula is C28H40O8. The van der Waals surface area contributed by atoms with E-state index in [1.165, 1.54) is 27.7 Å². The van der Waals surface area contributed by atoms with Crippen molar-refractivity contribution in [2.24, 2.45) is 23.2 Å². The van der Waals surface area contributed by atoms with E-state index in [2.05, 4.69) is 20.4 Å². The van der Waals surface area contributed by atoms with Gasteiger partial charge in [0.1, 0.15) is 18.3 Å². The molecule has 8 atom stereocenters. The highest BCUT2D eigenvalue weighted by molar-refractivity contribution is 5.68. The van der Waals surface area contributed by atoms with Crippen molar-refractivity contribution in [3.05, 3.63) is 23.3 Å². The van der Waals surface area contributed by atoms with Crippen LogP contribution in [0.3, 0.4) is 0 Å². The standard InChI is InChI=1S/C28H40O8/c1-14-9-10-22-16(3)25-21(15(2)24(34-18(5)30)13-23(14)33-17(4)29)11-12-28(25,8)27(36-20(7)32)26(22)35-19(6)31/h14,21,23-27H,2,9-13H2,1,3-8H3/t14-,21+,23-,24-,25-,26-,27+,28+/m1/s1. The lowest BCUT2D eigenvalue weighted by atomic mass is 9.61. The first-order valence-corrected chi connectivity index (χ1v) is 12.8. The van der Waals surface area contributed by atoms with Crippen molar-refractivity contribution >= 4 is 23.9 Å². The maximum Gasteiger partial charge on any atom is 0.303 e. The van der Waals surface area contributed by atoms with Gasteiger partial charge >= 0.3 is 23.9 Å². The van der Waals surface area contributed by atoms with Crippen LogP contribution in [-0.4, -0.2) is 48.3 Å². The van der Waals surface area contributed by atoms with Gasteiger partial charge in [0.05, 0.1) is 0 Å². The molecule has 200 valence electrons. The number of allylic oxidation sites excluding steroid dienone is 1. The third-order valence-corrected chi connectivity index (χ3v) is 8.40. The first-order valence-electron chi connectivity index (χ1n) is 12.8. The van der Waals surface area contributed by atoms with Gasteiger partial charge in [0.25, 0.3) is 0 Å². The van der Waals surface area contributed by atoms with E-state index >= 15 is 0 Å². The molecule has 0 radical (unpaired) electrons. The summed E-state index contributed by atoms with van der Waals surface area (Å²) in [6, 6.07) is 0. The molecule has 8 nitrogen and oxygen atoms in total. The molecule has 0 unspecified atom stereocenters. The largest absolute Gasteiger partial charge is 0.462 e. The molecule has 36 heavy (non-hydrogen) atoms. The van der Waals surface area contributed by atoms with Gasteiger partial charge in [0, 0.05) is 39.5 Å². The summed E-state index contributed by atoms with van der Waals surface area (Å²) in [7, 11) is 0. The van der Waals surface area contributed by atoms with E-state index in [1.54, 1.807) is 0 Å². The Labute approximate surface area is 213 Å². The molecule has 0 spiro atoms. The highest BCUT2D eigenvalue weighted by Crippen LogP contribution is 2.60. The van der Waals surface area contributed by atoms with E-state index in [9.17, 15) is 19.2 Å². The van der Waals surface area contributed by atoms with Crippen LogP contribution in [0.1, 0.15) is 80.6 Å². The van der Waals surface area contributed by atoms with Crippen molar-refractivity contribution in [2.45, 2.75) is 105 Å². The summed E-state index contributed by atoms with van der Waals surface area (Å²) in [6.07, 6.45) is 0.596. The first-order chi connectivity index (χ1) is 16.8. The molecular weight excluding hydrogens is 464 g/mol. The van der Waals surface area contributed by atoms with Crippen LogP contribution in [0.25, 0.3) is 0 Å². The highest BCUT2D eigenvalue weighted by Gasteiger charge is 2.60. The summed E-state index contributed by atoms with van der Waals surface area (Å²) >= 11 is 0. The van der Waals surface area contributed by atoms with Crippen molar-refractivity contribution in [1.29, 1.82) is 0 Å². The van der Waals surface area contributed by atoms with Gasteiger partial charge in [-0.25, -0.2) is 0 Å². The number of hydrogen-bond donors (Lipinski definition) is 0. The Morgan fingerprint density at radius 3 is 2.03 bits per heavy atom. The molecule has 0 aromatic heterocycles. The molecule has 0 saturated heterocycles. The van der Waals surface area contributed by atoms with Gasteiger partial charge in [-0.05, 0) is 61.5 Å². The number of carbonyl (C=O) groups excluding carboxylic acids is 4. The van der Waals surface area contributed by atoms with Crippen LogP contribution in [0.15, 0.2) is 23.3 Å². The van der Waals surface area contributed by atoms with Gasteiger partial charge in [-0.15, -0.1) is 0 Å². The predicted molar refractivity (Wildman–Crippen MR) is 131 cm³/mol. The number of hydrogen-bond acceptors (Lipinski definition) is 8. The van der Waals surface area contributed by atoms with Crippen LogP contribution in [0.5, 0.6) is 0 Å². The Morgan fingerprint density at radius 2 is 1.47 bits per heavy atom.